The first-order valence-corrected chi connectivity index (χ1v) is 13.8. The number of amides is 1. The lowest BCUT2D eigenvalue weighted by Gasteiger charge is -2.37. The number of ether oxygens (including phenoxy) is 1. The summed E-state index contributed by atoms with van der Waals surface area (Å²) in [5.74, 6) is 2.53. The van der Waals surface area contributed by atoms with Crippen LogP contribution in [-0.2, 0) is 6.42 Å². The van der Waals surface area contributed by atoms with E-state index < -0.39 is 0 Å². The molecule has 1 aliphatic rings. The fourth-order valence-corrected chi connectivity index (χ4v) is 5.35. The molecule has 1 amide bonds. The largest absolute Gasteiger partial charge is 0.496 e. The van der Waals surface area contributed by atoms with Gasteiger partial charge in [-0.1, -0.05) is 31.7 Å². The molecule has 3 aromatic carbocycles. The molecule has 1 saturated heterocycles. The third-order valence-electron chi connectivity index (χ3n) is 7.58. The minimum absolute atomic E-state index is 0.132. The van der Waals surface area contributed by atoms with Gasteiger partial charge in [-0.25, -0.2) is 9.97 Å². The van der Waals surface area contributed by atoms with E-state index in [0.29, 0.717) is 5.56 Å². The molecule has 0 unspecified atom stereocenters. The number of carbonyl (C=O) groups is 1. The normalized spacial score (nSPS) is 13.4. The Kier molecular flexibility index (Phi) is 7.16. The summed E-state index contributed by atoms with van der Waals surface area (Å²) in [5, 5.41) is 8.50. The molecule has 0 bridgehead atoms. The molecule has 6 rings (SSSR count). The molecule has 3 N–H and O–H groups in total. The Morgan fingerprint density at radius 1 is 0.976 bits per heavy atom. The summed E-state index contributed by atoms with van der Waals surface area (Å²) in [6.45, 7) is 9.64. The van der Waals surface area contributed by atoms with Crippen LogP contribution in [0.3, 0.4) is 0 Å². The second-order valence-corrected chi connectivity index (χ2v) is 10.1. The average molecular weight is 548 g/mol. The Morgan fingerprint density at radius 2 is 1.68 bits per heavy atom. The van der Waals surface area contributed by atoms with E-state index >= 15 is 0 Å². The Balaban J connectivity index is 1.11. The smallest absolute Gasteiger partial charge is 0.255 e. The number of aryl methyl sites for hydroxylation is 1. The molecule has 5 aromatic rings. The highest BCUT2D eigenvalue weighted by molar-refractivity contribution is 6.11. The third kappa shape index (κ3) is 5.26. The molecule has 41 heavy (non-hydrogen) atoms. The number of carbonyl (C=O) groups excluding carboxylic acids is 1. The van der Waals surface area contributed by atoms with Crippen LogP contribution in [0.25, 0.3) is 21.9 Å². The van der Waals surface area contributed by atoms with E-state index in [9.17, 15) is 4.79 Å². The van der Waals surface area contributed by atoms with Gasteiger partial charge in [-0.2, -0.15) is 0 Å². The zero-order valence-corrected chi connectivity index (χ0v) is 23.3. The van der Waals surface area contributed by atoms with E-state index in [1.54, 1.807) is 25.6 Å². The molecular weight excluding hydrogens is 514 g/mol. The summed E-state index contributed by atoms with van der Waals surface area (Å²) < 4.78 is 5.60. The van der Waals surface area contributed by atoms with Crippen molar-refractivity contribution in [1.29, 1.82) is 0 Å². The first-order chi connectivity index (χ1) is 20.0. The molecule has 9 nitrogen and oxygen atoms in total. The highest BCUT2D eigenvalue weighted by atomic mass is 16.5. The second-order valence-electron chi connectivity index (χ2n) is 10.1. The molecular formula is C32H33N7O2. The quantitative estimate of drug-likeness (QED) is 0.231. The lowest BCUT2D eigenvalue weighted by molar-refractivity contribution is 0.102. The summed E-state index contributed by atoms with van der Waals surface area (Å²) in [6, 6.07) is 21.1. The predicted octanol–water partition coefficient (Wildman–Crippen LogP) is 5.64. The number of anilines is 3. The molecule has 0 atom stereocenters. The van der Waals surface area contributed by atoms with E-state index in [0.717, 1.165) is 88.9 Å². The van der Waals surface area contributed by atoms with Gasteiger partial charge in [-0.05, 0) is 54.4 Å². The lowest BCUT2D eigenvalue weighted by Crippen LogP contribution is -2.47. The highest BCUT2D eigenvalue weighted by Crippen LogP contribution is 2.35. The van der Waals surface area contributed by atoms with Gasteiger partial charge in [-0.3, -0.25) is 4.79 Å². The highest BCUT2D eigenvalue weighted by Gasteiger charge is 2.23. The number of methoxy groups -OCH3 is 1. The van der Waals surface area contributed by atoms with Crippen LogP contribution in [0.2, 0.25) is 0 Å². The van der Waals surface area contributed by atoms with Crippen molar-refractivity contribution < 1.29 is 9.53 Å². The van der Waals surface area contributed by atoms with Crippen molar-refractivity contribution in [3.05, 3.63) is 96.6 Å². The number of piperazine rings is 1. The van der Waals surface area contributed by atoms with Crippen molar-refractivity contribution in [3.8, 4) is 5.75 Å². The van der Waals surface area contributed by atoms with E-state index in [-0.39, 0.29) is 5.91 Å². The molecule has 0 aliphatic carbocycles. The maximum Gasteiger partial charge on any atom is 0.255 e. The topological polar surface area (TPSA) is 98.4 Å². The van der Waals surface area contributed by atoms with Crippen molar-refractivity contribution in [2.45, 2.75) is 13.3 Å². The Morgan fingerprint density at radius 3 is 2.37 bits per heavy atom. The molecule has 208 valence electrons. The summed E-state index contributed by atoms with van der Waals surface area (Å²) in [7, 11) is 1.71. The zero-order valence-electron chi connectivity index (χ0n) is 23.3. The van der Waals surface area contributed by atoms with E-state index in [1.807, 2.05) is 42.5 Å². The summed E-state index contributed by atoms with van der Waals surface area (Å²) in [5.41, 5.74) is 5.26. The maximum atomic E-state index is 12.4. The number of aromatic nitrogens is 3. The van der Waals surface area contributed by atoms with Crippen LogP contribution < -0.4 is 20.3 Å². The maximum absolute atomic E-state index is 12.4. The summed E-state index contributed by atoms with van der Waals surface area (Å²) in [6.07, 6.45) is 2.51. The number of benzene rings is 3. The number of fused-ring (bicyclic) bond motifs is 3. The summed E-state index contributed by atoms with van der Waals surface area (Å²) in [4.78, 5) is 29.7. The van der Waals surface area contributed by atoms with Crippen molar-refractivity contribution in [2.24, 2.45) is 0 Å². The van der Waals surface area contributed by atoms with Crippen LogP contribution in [0.1, 0.15) is 22.8 Å². The van der Waals surface area contributed by atoms with Crippen molar-refractivity contribution in [3.63, 3.8) is 0 Å². The summed E-state index contributed by atoms with van der Waals surface area (Å²) >= 11 is 0. The lowest BCUT2D eigenvalue weighted by atomic mass is 10.1. The Hall–Kier alpha value is -5.05. The molecule has 9 heteroatoms. The Bertz CT molecular complexity index is 1710. The minimum atomic E-state index is -0.132. The van der Waals surface area contributed by atoms with Gasteiger partial charge in [0.2, 0.25) is 0 Å². The molecule has 2 aromatic heterocycles. The van der Waals surface area contributed by atoms with Gasteiger partial charge in [0.15, 0.2) is 0 Å². The second kappa shape index (κ2) is 11.2. The number of hydrogen-bond acceptors (Lipinski definition) is 7. The van der Waals surface area contributed by atoms with Gasteiger partial charge in [0.05, 0.1) is 23.8 Å². The molecule has 0 radical (unpaired) electrons. The van der Waals surface area contributed by atoms with E-state index in [4.69, 9.17) is 9.72 Å². The fourth-order valence-electron chi connectivity index (χ4n) is 5.35. The van der Waals surface area contributed by atoms with Gasteiger partial charge in [0.25, 0.3) is 5.91 Å². The van der Waals surface area contributed by atoms with E-state index in [1.165, 1.54) is 0 Å². The number of nitrogens with one attached hydrogen (secondary N) is 3. The van der Waals surface area contributed by atoms with Gasteiger partial charge in [-0.15, -0.1) is 0 Å². The van der Waals surface area contributed by atoms with Crippen LogP contribution in [0, 0.1) is 0 Å². The van der Waals surface area contributed by atoms with Gasteiger partial charge >= 0.3 is 0 Å². The zero-order chi connectivity index (χ0) is 28.3. The molecule has 3 heterocycles. The number of H-pyrrole nitrogens is 1. The van der Waals surface area contributed by atoms with Crippen LogP contribution in [0.15, 0.2) is 85.5 Å². The average Bonchev–Trinajstić information content (AvgIpc) is 3.39. The first kappa shape index (κ1) is 26.2. The molecule has 0 spiro atoms. The van der Waals surface area contributed by atoms with Crippen molar-refractivity contribution in [1.82, 2.24) is 19.9 Å². The Labute approximate surface area is 238 Å². The standard InChI is InChI=1S/C32H33N7O2/c1-4-22-18-26-27(19-28(22)41-3)37-30-29(26)31(34-20-33-30)39-16-14-38(15-17-39)21(2)35-24-10-12-25(13-11-24)36-32(40)23-8-6-5-7-9-23/h5-13,18-20,35H,2,4,14-17H2,1,3H3,(H,36,40)(H,33,34,37). The first-order valence-electron chi connectivity index (χ1n) is 13.8. The third-order valence-corrected chi connectivity index (χ3v) is 7.58. The van der Waals surface area contributed by atoms with Crippen LogP contribution in [0.4, 0.5) is 17.2 Å². The van der Waals surface area contributed by atoms with Gasteiger partial charge in [0, 0.05) is 54.6 Å². The minimum Gasteiger partial charge on any atom is -0.496 e. The number of aromatic amines is 1. The van der Waals surface area contributed by atoms with Crippen LogP contribution in [-0.4, -0.2) is 59.0 Å². The molecule has 1 fully saturated rings. The number of rotatable bonds is 8. The predicted molar refractivity (Wildman–Crippen MR) is 165 cm³/mol. The number of hydrogen-bond donors (Lipinski definition) is 3. The van der Waals surface area contributed by atoms with E-state index in [2.05, 4.69) is 56.0 Å². The molecule has 1 aliphatic heterocycles. The van der Waals surface area contributed by atoms with Gasteiger partial charge in [0.1, 0.15) is 23.5 Å². The number of nitrogens with zero attached hydrogens (tertiary/aromatic N) is 4. The molecule has 0 saturated carbocycles. The SMILES string of the molecule is C=C(Nc1ccc(NC(=O)c2ccccc2)cc1)N1CCN(c2ncnc3[nH]c4cc(OC)c(CC)cc4c23)CC1. The van der Waals surface area contributed by atoms with Crippen LogP contribution in [0.5, 0.6) is 5.75 Å². The monoisotopic (exact) mass is 547 g/mol. The van der Waals surface area contributed by atoms with Crippen molar-refractivity contribution in [2.75, 3.05) is 48.8 Å². The van der Waals surface area contributed by atoms with Gasteiger partial charge < -0.3 is 30.2 Å². The van der Waals surface area contributed by atoms with Crippen LogP contribution >= 0.6 is 0 Å². The van der Waals surface area contributed by atoms with Crippen molar-refractivity contribution >= 4 is 45.0 Å². The fraction of sp³-hybridized carbons (Fsp3) is 0.219.